The molecule has 1 heteroatoms. The first kappa shape index (κ1) is 13.0. The Morgan fingerprint density at radius 3 is 0.950 bits per heavy atom. The van der Waals surface area contributed by atoms with Crippen LogP contribution in [0.2, 0.25) is 0 Å². The lowest BCUT2D eigenvalue weighted by Crippen LogP contribution is -2.22. The number of hydrogen-bond acceptors (Lipinski definition) is 1. The van der Waals surface area contributed by atoms with Gasteiger partial charge in [0.15, 0.2) is 0 Å². The minimum atomic E-state index is -0.427. The molecule has 0 aromatic heterocycles. The molecule has 0 aliphatic heterocycles. The minimum absolute atomic E-state index is 0.427. The molecular weight excluding hydrogens is 263 g/mol. The molecule has 3 aromatic rings. The summed E-state index contributed by atoms with van der Waals surface area (Å²) in [4.78, 5) is 0. The Kier molecular flexibility index (Phi) is 3.62. The molecule has 3 rings (SSSR count). The van der Waals surface area contributed by atoms with E-state index in [4.69, 9.17) is 12.6 Å². The highest BCUT2D eigenvalue weighted by atomic mass is 35.0. The second-order valence-corrected chi connectivity index (χ2v) is 5.48. The van der Waals surface area contributed by atoms with Gasteiger partial charge in [0.05, 0.1) is 4.75 Å². The van der Waals surface area contributed by atoms with Gasteiger partial charge in [0.25, 0.3) is 0 Å². The van der Waals surface area contributed by atoms with Crippen LogP contribution in [-0.2, 0) is 4.75 Å². The zero-order chi connectivity index (χ0) is 13.8. The lowest BCUT2D eigenvalue weighted by molar-refractivity contribution is 0.905. The molecule has 0 spiro atoms. The standard InChI is InChI=1S/C19H16S/c20-19(16-10-4-1-5-11-16,17-12-6-2-7-13-17)18-14-8-3-9-15-18/h1-15,20H/i20+3. The van der Waals surface area contributed by atoms with Crippen LogP contribution in [0, 0.1) is 0 Å². The van der Waals surface area contributed by atoms with Gasteiger partial charge in [-0.2, -0.15) is 12.6 Å². The van der Waals surface area contributed by atoms with E-state index in [1.807, 2.05) is 18.2 Å². The van der Waals surface area contributed by atoms with Gasteiger partial charge in [-0.3, -0.25) is 0 Å². The molecule has 0 atom stereocenters. The Bertz CT molecular complexity index is 563. The van der Waals surface area contributed by atoms with Gasteiger partial charge in [-0.1, -0.05) is 91.0 Å². The van der Waals surface area contributed by atoms with Crippen LogP contribution in [0.1, 0.15) is 16.7 Å². The highest BCUT2D eigenvalue weighted by Gasteiger charge is 2.31. The van der Waals surface area contributed by atoms with Crippen LogP contribution in [0.25, 0.3) is 0 Å². The maximum Gasteiger partial charge on any atom is 0.0878 e. The van der Waals surface area contributed by atoms with Crippen molar-refractivity contribution in [3.8, 4) is 0 Å². The van der Waals surface area contributed by atoms with Crippen LogP contribution >= 0.6 is 12.6 Å². The van der Waals surface area contributed by atoms with E-state index in [9.17, 15) is 0 Å². The van der Waals surface area contributed by atoms with E-state index in [2.05, 4.69) is 72.8 Å². The van der Waals surface area contributed by atoms with Crippen molar-refractivity contribution in [1.29, 1.82) is 0 Å². The van der Waals surface area contributed by atoms with E-state index in [1.54, 1.807) is 0 Å². The highest BCUT2D eigenvalue weighted by Crippen LogP contribution is 2.42. The fourth-order valence-electron chi connectivity index (χ4n) is 2.54. The molecule has 0 bridgehead atoms. The maximum atomic E-state index is 5.09. The summed E-state index contributed by atoms with van der Waals surface area (Å²) in [5.74, 6) is 0. The Morgan fingerprint density at radius 1 is 0.450 bits per heavy atom. The quantitative estimate of drug-likeness (QED) is 0.511. The van der Waals surface area contributed by atoms with E-state index in [-0.39, 0.29) is 0 Å². The van der Waals surface area contributed by atoms with Crippen molar-refractivity contribution in [3.05, 3.63) is 108 Å². The van der Waals surface area contributed by atoms with Gasteiger partial charge in [0.1, 0.15) is 0 Å². The topological polar surface area (TPSA) is 0 Å². The summed E-state index contributed by atoms with van der Waals surface area (Å²) >= 11 is 5.09. The summed E-state index contributed by atoms with van der Waals surface area (Å²) < 4.78 is -0.427. The van der Waals surface area contributed by atoms with Crippen molar-refractivity contribution in [2.45, 2.75) is 4.75 Å². The third-order valence-electron chi connectivity index (χ3n) is 3.57. The number of benzene rings is 3. The first-order valence-electron chi connectivity index (χ1n) is 6.71. The third-order valence-corrected chi connectivity index (χ3v) is 4.35. The highest BCUT2D eigenvalue weighted by molar-refractivity contribution is 7.81. The van der Waals surface area contributed by atoms with Gasteiger partial charge in [0.2, 0.25) is 0 Å². The lowest BCUT2D eigenvalue weighted by atomic mass is 9.84. The summed E-state index contributed by atoms with van der Waals surface area (Å²) in [6.07, 6.45) is 0. The van der Waals surface area contributed by atoms with Gasteiger partial charge < -0.3 is 0 Å². The molecule has 3 aromatic carbocycles. The van der Waals surface area contributed by atoms with Gasteiger partial charge in [0, 0.05) is 0 Å². The number of hydrogen-bond donors (Lipinski definition) is 1. The lowest BCUT2D eigenvalue weighted by Gasteiger charge is -2.30. The van der Waals surface area contributed by atoms with Gasteiger partial charge in [-0.25, -0.2) is 0 Å². The Hall–Kier alpha value is -1.99. The Morgan fingerprint density at radius 2 is 0.700 bits per heavy atom. The monoisotopic (exact) mass is 279 g/mol. The number of thiol groups is 1. The molecule has 0 heterocycles. The van der Waals surface area contributed by atoms with Crippen LogP contribution in [0.3, 0.4) is 0 Å². The average Bonchev–Trinajstić information content (AvgIpc) is 2.56. The van der Waals surface area contributed by atoms with E-state index in [0.29, 0.717) is 0 Å². The van der Waals surface area contributed by atoms with Crippen LogP contribution in [0.15, 0.2) is 91.0 Å². The summed E-state index contributed by atoms with van der Waals surface area (Å²) in [6, 6.07) is 31.3. The summed E-state index contributed by atoms with van der Waals surface area (Å²) in [6.45, 7) is 0. The van der Waals surface area contributed by atoms with Crippen LogP contribution in [0.4, 0.5) is 0 Å². The van der Waals surface area contributed by atoms with E-state index in [0.717, 1.165) is 0 Å². The first-order valence-corrected chi connectivity index (χ1v) is 7.15. The molecule has 0 fully saturated rings. The maximum absolute atomic E-state index is 5.09. The number of rotatable bonds is 3. The normalized spacial score (nSPS) is 11.2. The predicted octanol–water partition coefficient (Wildman–Crippen LogP) is 4.91. The molecule has 98 valence electrons. The summed E-state index contributed by atoms with van der Waals surface area (Å²) in [5, 5.41) is 0. The Labute approximate surface area is 125 Å². The average molecular weight is 279 g/mol. The second-order valence-electron chi connectivity index (χ2n) is 4.81. The van der Waals surface area contributed by atoms with Crippen LogP contribution in [-0.4, -0.2) is 0 Å². The molecule has 0 amide bonds. The van der Waals surface area contributed by atoms with Crippen molar-refractivity contribution < 1.29 is 0 Å². The molecule has 20 heavy (non-hydrogen) atoms. The molecular formula is C19H16S. The predicted molar refractivity (Wildman–Crippen MR) is 88.2 cm³/mol. The van der Waals surface area contributed by atoms with Crippen molar-refractivity contribution in [3.63, 3.8) is 0 Å². The molecule has 0 radical (unpaired) electrons. The fraction of sp³-hybridized carbons (Fsp3) is 0.0526. The first-order chi connectivity index (χ1) is 9.82. The SMILES string of the molecule is [35SH]C(c1ccccc1)(c1ccccc1)c1ccccc1. The molecule has 0 nitrogen and oxygen atoms in total. The minimum Gasteiger partial charge on any atom is -0.158 e. The second kappa shape index (κ2) is 5.56. The zero-order valence-electron chi connectivity index (χ0n) is 11.1. The van der Waals surface area contributed by atoms with E-state index >= 15 is 0 Å². The van der Waals surface area contributed by atoms with Crippen molar-refractivity contribution in [2.24, 2.45) is 0 Å². The Balaban J connectivity index is 2.24. The van der Waals surface area contributed by atoms with E-state index < -0.39 is 4.75 Å². The third kappa shape index (κ3) is 2.25. The smallest absolute Gasteiger partial charge is 0.0878 e. The summed E-state index contributed by atoms with van der Waals surface area (Å²) in [7, 11) is 0. The summed E-state index contributed by atoms with van der Waals surface area (Å²) in [5.41, 5.74) is 3.54. The van der Waals surface area contributed by atoms with Crippen LogP contribution in [0.5, 0.6) is 0 Å². The zero-order valence-corrected chi connectivity index (χ0v) is 12.0. The van der Waals surface area contributed by atoms with Crippen molar-refractivity contribution in [1.82, 2.24) is 0 Å². The molecule has 0 saturated heterocycles. The fourth-order valence-corrected chi connectivity index (χ4v) is 2.99. The van der Waals surface area contributed by atoms with Gasteiger partial charge in [-0.05, 0) is 16.7 Å². The molecule has 0 saturated carbocycles. The van der Waals surface area contributed by atoms with E-state index in [1.165, 1.54) is 16.7 Å². The van der Waals surface area contributed by atoms with Crippen molar-refractivity contribution in [2.75, 3.05) is 0 Å². The van der Waals surface area contributed by atoms with Crippen LogP contribution < -0.4 is 0 Å². The van der Waals surface area contributed by atoms with Crippen molar-refractivity contribution >= 4 is 12.6 Å². The molecule has 0 aliphatic carbocycles. The van der Waals surface area contributed by atoms with Gasteiger partial charge >= 0.3 is 0 Å². The molecule has 0 N–H and O–H groups in total. The molecule has 0 unspecified atom stereocenters. The molecule has 0 aliphatic rings. The van der Waals surface area contributed by atoms with Gasteiger partial charge in [-0.15, -0.1) is 0 Å². The largest absolute Gasteiger partial charge is 0.158 e.